The predicted octanol–water partition coefficient (Wildman–Crippen LogP) is 1.58. The molecule has 3 heterocycles. The topological polar surface area (TPSA) is 46.0 Å². The molecule has 5 nitrogen and oxygen atoms in total. The van der Waals surface area contributed by atoms with E-state index in [4.69, 9.17) is 0 Å². The molecule has 0 radical (unpaired) electrons. The van der Waals surface area contributed by atoms with Gasteiger partial charge in [0, 0.05) is 19.0 Å². The van der Waals surface area contributed by atoms with Crippen LogP contribution in [0, 0.1) is 5.92 Å². The van der Waals surface area contributed by atoms with Gasteiger partial charge in [-0.25, -0.2) is 0 Å². The highest BCUT2D eigenvalue weighted by Crippen LogP contribution is 2.23. The van der Waals surface area contributed by atoms with Crippen molar-refractivity contribution in [2.45, 2.75) is 64.1 Å². The van der Waals surface area contributed by atoms with Gasteiger partial charge in [-0.1, -0.05) is 0 Å². The lowest BCUT2D eigenvalue weighted by Crippen LogP contribution is -2.38. The van der Waals surface area contributed by atoms with Crippen LogP contribution in [0.2, 0.25) is 0 Å². The fourth-order valence-corrected chi connectivity index (χ4v) is 3.65. The predicted molar refractivity (Wildman–Crippen MR) is 82.0 cm³/mol. The van der Waals surface area contributed by atoms with E-state index in [9.17, 15) is 0 Å². The number of likely N-dealkylation sites (tertiary alicyclic amines) is 1. The second kappa shape index (κ2) is 6.05. The number of aryl methyl sites for hydroxylation is 1. The maximum Gasteiger partial charge on any atom is 0.147 e. The van der Waals surface area contributed by atoms with Crippen LogP contribution in [-0.4, -0.2) is 45.3 Å². The van der Waals surface area contributed by atoms with Gasteiger partial charge in [-0.05, 0) is 64.1 Å². The van der Waals surface area contributed by atoms with Gasteiger partial charge in [-0.15, -0.1) is 10.2 Å². The van der Waals surface area contributed by atoms with Crippen molar-refractivity contribution in [3.63, 3.8) is 0 Å². The van der Waals surface area contributed by atoms with Gasteiger partial charge < -0.3 is 9.88 Å². The van der Waals surface area contributed by atoms with Gasteiger partial charge in [0.15, 0.2) is 0 Å². The molecule has 1 aliphatic carbocycles. The Kier molecular flexibility index (Phi) is 3.95. The third-order valence-electron chi connectivity index (χ3n) is 5.28. The number of piperidine rings is 1. The number of rotatable bonds is 5. The molecule has 5 heteroatoms. The molecular weight excluding hydrogens is 262 g/mol. The minimum Gasteiger partial charge on any atom is -0.314 e. The molecule has 1 aromatic rings. The Bertz CT molecular complexity index is 471. The van der Waals surface area contributed by atoms with Gasteiger partial charge in [0.05, 0.1) is 6.54 Å². The van der Waals surface area contributed by atoms with E-state index in [0.29, 0.717) is 0 Å². The van der Waals surface area contributed by atoms with Crippen LogP contribution in [0.3, 0.4) is 0 Å². The first-order chi connectivity index (χ1) is 10.4. The van der Waals surface area contributed by atoms with Crippen LogP contribution in [0.1, 0.15) is 50.2 Å². The van der Waals surface area contributed by atoms with Crippen molar-refractivity contribution in [2.24, 2.45) is 5.92 Å². The number of fused-ring (bicyclic) bond motifs is 1. The molecule has 0 aromatic carbocycles. The Morgan fingerprint density at radius 2 is 1.86 bits per heavy atom. The van der Waals surface area contributed by atoms with Gasteiger partial charge in [0.1, 0.15) is 11.6 Å². The summed E-state index contributed by atoms with van der Waals surface area (Å²) in [4.78, 5) is 2.57. The Balaban J connectivity index is 1.27. The van der Waals surface area contributed by atoms with E-state index >= 15 is 0 Å². The van der Waals surface area contributed by atoms with Crippen molar-refractivity contribution >= 4 is 0 Å². The molecule has 0 spiro atoms. The number of aromatic nitrogens is 3. The summed E-state index contributed by atoms with van der Waals surface area (Å²) in [5.74, 6) is 3.29. The van der Waals surface area contributed by atoms with Gasteiger partial charge in [-0.3, -0.25) is 4.90 Å². The Morgan fingerprint density at radius 1 is 1.00 bits per heavy atom. The maximum absolute atomic E-state index is 4.44. The monoisotopic (exact) mass is 289 g/mol. The van der Waals surface area contributed by atoms with E-state index < -0.39 is 0 Å². The highest BCUT2D eigenvalue weighted by atomic mass is 15.3. The third kappa shape index (κ3) is 3.29. The van der Waals surface area contributed by atoms with E-state index in [-0.39, 0.29) is 0 Å². The molecule has 3 aliphatic rings. The van der Waals surface area contributed by atoms with Crippen molar-refractivity contribution in [3.8, 4) is 0 Å². The molecule has 1 aromatic heterocycles. The fraction of sp³-hybridized carbons (Fsp3) is 0.875. The molecule has 1 saturated heterocycles. The average molecular weight is 289 g/mol. The van der Waals surface area contributed by atoms with E-state index in [1.54, 1.807) is 0 Å². The lowest BCUT2D eigenvalue weighted by atomic mass is 9.97. The minimum absolute atomic E-state index is 0.852. The first-order valence-corrected chi connectivity index (χ1v) is 8.75. The smallest absolute Gasteiger partial charge is 0.147 e. The van der Waals surface area contributed by atoms with Crippen LogP contribution in [0.5, 0.6) is 0 Å². The van der Waals surface area contributed by atoms with E-state index in [1.165, 1.54) is 69.8 Å². The van der Waals surface area contributed by atoms with Crippen LogP contribution in [0.25, 0.3) is 0 Å². The van der Waals surface area contributed by atoms with Crippen molar-refractivity contribution in [1.82, 2.24) is 25.0 Å². The summed E-state index contributed by atoms with van der Waals surface area (Å²) >= 11 is 0. The Labute approximate surface area is 127 Å². The van der Waals surface area contributed by atoms with Crippen molar-refractivity contribution in [1.29, 1.82) is 0 Å². The summed E-state index contributed by atoms with van der Waals surface area (Å²) in [6.07, 6.45) is 9.14. The average Bonchev–Trinajstić information content (AvgIpc) is 3.28. The number of hydrogen-bond acceptors (Lipinski definition) is 4. The summed E-state index contributed by atoms with van der Waals surface area (Å²) in [5.41, 5.74) is 0. The highest BCUT2D eigenvalue weighted by Gasteiger charge is 2.25. The third-order valence-corrected chi connectivity index (χ3v) is 5.28. The molecule has 2 fully saturated rings. The summed E-state index contributed by atoms with van der Waals surface area (Å²) in [5, 5.41) is 12.5. The number of nitrogens with zero attached hydrogens (tertiary/aromatic N) is 4. The van der Waals surface area contributed by atoms with Gasteiger partial charge >= 0.3 is 0 Å². The minimum atomic E-state index is 0.852. The number of hydrogen-bond donors (Lipinski definition) is 1. The number of nitrogens with one attached hydrogen (secondary N) is 1. The summed E-state index contributed by atoms with van der Waals surface area (Å²) in [7, 11) is 0. The van der Waals surface area contributed by atoms with Crippen LogP contribution in [0.15, 0.2) is 0 Å². The van der Waals surface area contributed by atoms with Crippen LogP contribution < -0.4 is 5.32 Å². The van der Waals surface area contributed by atoms with Crippen LogP contribution >= 0.6 is 0 Å². The zero-order valence-corrected chi connectivity index (χ0v) is 12.9. The maximum atomic E-state index is 4.44. The SMILES string of the molecule is C1CCn2c(nnc2CN2CCC(CNC3CC3)CC2)C1. The molecule has 1 N–H and O–H groups in total. The van der Waals surface area contributed by atoms with Gasteiger partial charge in [0.25, 0.3) is 0 Å². The Hall–Kier alpha value is -0.940. The van der Waals surface area contributed by atoms with Crippen molar-refractivity contribution < 1.29 is 0 Å². The molecule has 21 heavy (non-hydrogen) atoms. The molecule has 116 valence electrons. The van der Waals surface area contributed by atoms with Gasteiger partial charge in [-0.2, -0.15) is 0 Å². The molecular formula is C16H27N5. The van der Waals surface area contributed by atoms with Crippen molar-refractivity contribution in [3.05, 3.63) is 11.6 Å². The van der Waals surface area contributed by atoms with E-state index in [0.717, 1.165) is 31.5 Å². The lowest BCUT2D eigenvalue weighted by Gasteiger charge is -2.32. The zero-order chi connectivity index (χ0) is 14.1. The zero-order valence-electron chi connectivity index (χ0n) is 12.9. The molecule has 0 atom stereocenters. The highest BCUT2D eigenvalue weighted by molar-refractivity contribution is 4.99. The fourth-order valence-electron chi connectivity index (χ4n) is 3.65. The first kappa shape index (κ1) is 13.7. The summed E-state index contributed by atoms with van der Waals surface area (Å²) in [6, 6.07) is 0.852. The van der Waals surface area contributed by atoms with Gasteiger partial charge in [0.2, 0.25) is 0 Å². The molecule has 2 aliphatic heterocycles. The summed E-state index contributed by atoms with van der Waals surface area (Å²) < 4.78 is 2.37. The van der Waals surface area contributed by atoms with E-state index in [1.807, 2.05) is 0 Å². The van der Waals surface area contributed by atoms with E-state index in [2.05, 4.69) is 25.0 Å². The molecule has 0 amide bonds. The second-order valence-electron chi connectivity index (χ2n) is 7.04. The molecule has 0 unspecified atom stereocenters. The Morgan fingerprint density at radius 3 is 2.67 bits per heavy atom. The molecule has 4 rings (SSSR count). The van der Waals surface area contributed by atoms with Crippen LogP contribution in [-0.2, 0) is 19.5 Å². The van der Waals surface area contributed by atoms with Crippen LogP contribution in [0.4, 0.5) is 0 Å². The quantitative estimate of drug-likeness (QED) is 0.894. The van der Waals surface area contributed by atoms with Crippen molar-refractivity contribution in [2.75, 3.05) is 19.6 Å². The lowest BCUT2D eigenvalue weighted by molar-refractivity contribution is 0.169. The second-order valence-corrected chi connectivity index (χ2v) is 7.04. The first-order valence-electron chi connectivity index (χ1n) is 8.75. The normalized spacial score (nSPS) is 24.2. The molecule has 0 bridgehead atoms. The standard InChI is InChI=1S/C16H27N5/c1-2-8-21-15(3-1)18-19-16(21)12-20-9-6-13(7-10-20)11-17-14-4-5-14/h13-14,17H,1-12H2. The largest absolute Gasteiger partial charge is 0.314 e. The molecule has 1 saturated carbocycles. The summed E-state index contributed by atoms with van der Waals surface area (Å²) in [6.45, 7) is 5.80.